The molecule has 2 aliphatic rings. The summed E-state index contributed by atoms with van der Waals surface area (Å²) in [4.78, 5) is 26.5. The van der Waals surface area contributed by atoms with Crippen LogP contribution in [0.2, 0.25) is 0 Å². The van der Waals surface area contributed by atoms with Gasteiger partial charge in [0, 0.05) is 11.5 Å². The van der Waals surface area contributed by atoms with Crippen molar-refractivity contribution in [2.75, 3.05) is 5.75 Å². The molecule has 0 spiro atoms. The maximum absolute atomic E-state index is 12.5. The second-order valence-corrected chi connectivity index (χ2v) is 9.12. The second kappa shape index (κ2) is 6.77. The summed E-state index contributed by atoms with van der Waals surface area (Å²) in [6.07, 6.45) is 4.48. The molecule has 25 heavy (non-hydrogen) atoms. The lowest BCUT2D eigenvalue weighted by Gasteiger charge is -2.23. The molecule has 1 N–H and O–H groups in total. The average molecular weight is 398 g/mol. The maximum Gasteiger partial charge on any atom is 0.267 e. The minimum Gasteiger partial charge on any atom is -0.465 e. The fourth-order valence-corrected chi connectivity index (χ4v) is 5.04. The van der Waals surface area contributed by atoms with Crippen molar-refractivity contribution in [2.45, 2.75) is 19.0 Å². The van der Waals surface area contributed by atoms with Crippen LogP contribution in [0.4, 0.5) is 0 Å². The van der Waals surface area contributed by atoms with Crippen molar-refractivity contribution in [3.63, 3.8) is 0 Å². The zero-order chi connectivity index (χ0) is 18.2. The van der Waals surface area contributed by atoms with Gasteiger partial charge in [0.25, 0.3) is 5.91 Å². The molecular formula is C15H14N2O5S3. The summed E-state index contributed by atoms with van der Waals surface area (Å²) in [6.45, 7) is 1.54. The zero-order valence-corrected chi connectivity index (χ0v) is 15.5. The highest BCUT2D eigenvalue weighted by molar-refractivity contribution is 8.26. The van der Waals surface area contributed by atoms with Gasteiger partial charge in [-0.1, -0.05) is 24.0 Å². The largest absolute Gasteiger partial charge is 0.465 e. The Labute approximate surface area is 154 Å². The monoisotopic (exact) mass is 398 g/mol. The topological polar surface area (TPSA) is 96.7 Å². The molecule has 3 heterocycles. The Morgan fingerprint density at radius 2 is 2.32 bits per heavy atom. The van der Waals surface area contributed by atoms with Crippen molar-refractivity contribution in [3.8, 4) is 0 Å². The molecular weight excluding hydrogens is 384 g/mol. The number of nitrogens with one attached hydrogen (secondary N) is 1. The molecule has 1 saturated heterocycles. The maximum atomic E-state index is 12.5. The molecule has 0 radical (unpaired) electrons. The van der Waals surface area contributed by atoms with E-state index >= 15 is 0 Å². The summed E-state index contributed by atoms with van der Waals surface area (Å²) in [5.74, 6) is -0.521. The first-order valence-electron chi connectivity index (χ1n) is 7.29. The van der Waals surface area contributed by atoms with E-state index < -0.39 is 27.8 Å². The summed E-state index contributed by atoms with van der Waals surface area (Å²) in [6, 6.07) is 1.95. The van der Waals surface area contributed by atoms with E-state index in [4.69, 9.17) is 16.6 Å². The van der Waals surface area contributed by atoms with Crippen LogP contribution >= 0.6 is 24.0 Å². The van der Waals surface area contributed by atoms with Crippen LogP contribution < -0.4 is 5.32 Å². The number of furan rings is 1. The van der Waals surface area contributed by atoms with Crippen LogP contribution in [0, 0.1) is 0 Å². The van der Waals surface area contributed by atoms with Crippen molar-refractivity contribution in [3.05, 3.63) is 40.5 Å². The SMILES string of the molecule is C[C@H](C(=O)N[C@@H]1C=CS(=O)(=O)C1)N1C(=O)/C(=C\c2ccco2)SC1=S. The van der Waals surface area contributed by atoms with E-state index in [0.29, 0.717) is 10.7 Å². The van der Waals surface area contributed by atoms with E-state index in [-0.39, 0.29) is 16.0 Å². The lowest BCUT2D eigenvalue weighted by atomic mass is 10.2. The minimum absolute atomic E-state index is 0.178. The van der Waals surface area contributed by atoms with Crippen LogP contribution in [0.1, 0.15) is 12.7 Å². The van der Waals surface area contributed by atoms with Gasteiger partial charge in [-0.25, -0.2) is 8.42 Å². The summed E-state index contributed by atoms with van der Waals surface area (Å²) in [5.41, 5.74) is 0. The van der Waals surface area contributed by atoms with Gasteiger partial charge in [0.2, 0.25) is 5.91 Å². The first-order chi connectivity index (χ1) is 11.8. The van der Waals surface area contributed by atoms with E-state index in [1.165, 1.54) is 17.2 Å². The van der Waals surface area contributed by atoms with E-state index in [9.17, 15) is 18.0 Å². The second-order valence-electron chi connectivity index (χ2n) is 5.52. The molecule has 0 saturated carbocycles. The molecule has 1 aromatic rings. The standard InChI is InChI=1S/C15H14N2O5S3/c1-9(13(18)16-10-4-6-25(20,21)8-10)17-14(19)12(24-15(17)23)7-11-3-2-5-22-11/h2-7,9-10H,8H2,1H3,(H,16,18)/b12-7+/t9-,10-/m1/s1. The molecule has 2 aliphatic heterocycles. The number of hydrogen-bond acceptors (Lipinski definition) is 7. The van der Waals surface area contributed by atoms with Gasteiger partial charge in [0.15, 0.2) is 9.84 Å². The van der Waals surface area contributed by atoms with Crippen molar-refractivity contribution in [1.29, 1.82) is 0 Å². The molecule has 1 fully saturated rings. The van der Waals surface area contributed by atoms with Gasteiger partial charge in [-0.05, 0) is 25.1 Å². The summed E-state index contributed by atoms with van der Waals surface area (Å²) < 4.78 is 28.3. The van der Waals surface area contributed by atoms with Crippen LogP contribution in [-0.4, -0.2) is 47.3 Å². The molecule has 10 heteroatoms. The molecule has 0 aromatic carbocycles. The Morgan fingerprint density at radius 3 is 2.92 bits per heavy atom. The van der Waals surface area contributed by atoms with E-state index in [0.717, 1.165) is 17.2 Å². The third-order valence-corrected chi connectivity index (χ3v) is 6.39. The van der Waals surface area contributed by atoms with Gasteiger partial charge in [-0.3, -0.25) is 14.5 Å². The Morgan fingerprint density at radius 1 is 1.56 bits per heavy atom. The molecule has 7 nitrogen and oxygen atoms in total. The Hall–Kier alpha value is -1.91. The molecule has 0 unspecified atom stereocenters. The van der Waals surface area contributed by atoms with Gasteiger partial charge in [0.05, 0.1) is 23.0 Å². The van der Waals surface area contributed by atoms with E-state index in [2.05, 4.69) is 5.32 Å². The number of amides is 2. The zero-order valence-electron chi connectivity index (χ0n) is 13.0. The van der Waals surface area contributed by atoms with Crippen molar-refractivity contribution in [1.82, 2.24) is 10.2 Å². The predicted molar refractivity (Wildman–Crippen MR) is 98.0 cm³/mol. The number of sulfone groups is 1. The van der Waals surface area contributed by atoms with Crippen LogP contribution in [-0.2, 0) is 19.4 Å². The summed E-state index contributed by atoms with van der Waals surface area (Å²) in [5, 5.41) is 3.68. The van der Waals surface area contributed by atoms with Crippen LogP contribution in [0.5, 0.6) is 0 Å². The van der Waals surface area contributed by atoms with E-state index in [1.807, 2.05) is 0 Å². The minimum atomic E-state index is -3.27. The molecule has 2 amide bonds. The van der Waals surface area contributed by atoms with Gasteiger partial charge in [-0.2, -0.15) is 0 Å². The molecule has 0 aliphatic carbocycles. The number of thiocarbonyl (C=S) groups is 1. The number of rotatable bonds is 4. The van der Waals surface area contributed by atoms with Crippen LogP contribution in [0.15, 0.2) is 39.2 Å². The Kier molecular flexibility index (Phi) is 4.85. The van der Waals surface area contributed by atoms with Gasteiger partial charge in [-0.15, -0.1) is 0 Å². The highest BCUT2D eigenvalue weighted by Gasteiger charge is 2.39. The van der Waals surface area contributed by atoms with Crippen molar-refractivity contribution in [2.24, 2.45) is 0 Å². The first kappa shape index (κ1) is 17.9. The predicted octanol–water partition coefficient (Wildman–Crippen LogP) is 1.30. The lowest BCUT2D eigenvalue weighted by molar-refractivity contribution is -0.132. The van der Waals surface area contributed by atoms with Crippen LogP contribution in [0.3, 0.4) is 0 Å². The Bertz CT molecular complexity index is 886. The number of nitrogens with zero attached hydrogens (tertiary/aromatic N) is 1. The van der Waals surface area contributed by atoms with Crippen LogP contribution in [0.25, 0.3) is 6.08 Å². The lowest BCUT2D eigenvalue weighted by Crippen LogP contribution is -2.49. The third-order valence-electron chi connectivity index (χ3n) is 3.66. The van der Waals surface area contributed by atoms with Gasteiger partial charge >= 0.3 is 0 Å². The van der Waals surface area contributed by atoms with Gasteiger partial charge in [0.1, 0.15) is 16.1 Å². The van der Waals surface area contributed by atoms with Crippen molar-refractivity contribution >= 4 is 56.0 Å². The molecule has 132 valence electrons. The normalized spacial score (nSPS) is 24.9. The highest BCUT2D eigenvalue weighted by Crippen LogP contribution is 2.34. The average Bonchev–Trinajstić information content (AvgIpc) is 3.21. The fraction of sp³-hybridized carbons (Fsp3) is 0.267. The molecule has 2 atom stereocenters. The summed E-state index contributed by atoms with van der Waals surface area (Å²) >= 11 is 6.30. The number of carbonyl (C=O) groups is 2. The summed E-state index contributed by atoms with van der Waals surface area (Å²) in [7, 11) is -3.27. The number of thioether (sulfide) groups is 1. The Balaban J connectivity index is 1.70. The smallest absolute Gasteiger partial charge is 0.267 e. The number of carbonyl (C=O) groups excluding carboxylic acids is 2. The first-order valence-corrected chi connectivity index (χ1v) is 10.2. The third kappa shape index (κ3) is 3.86. The number of hydrogen-bond donors (Lipinski definition) is 1. The fourth-order valence-electron chi connectivity index (χ4n) is 2.40. The molecule has 0 bridgehead atoms. The van der Waals surface area contributed by atoms with Gasteiger partial charge < -0.3 is 9.73 Å². The molecule has 1 aromatic heterocycles. The highest BCUT2D eigenvalue weighted by atomic mass is 32.2. The van der Waals surface area contributed by atoms with E-state index in [1.54, 1.807) is 25.1 Å². The quantitative estimate of drug-likeness (QED) is 0.603. The molecule has 3 rings (SSSR count). The van der Waals surface area contributed by atoms with Crippen molar-refractivity contribution < 1.29 is 22.4 Å².